The molecule has 0 aliphatic heterocycles. The van der Waals surface area contributed by atoms with Gasteiger partial charge in [0.05, 0.1) is 0 Å². The standard InChI is InChI=1S/C17H18N2O3/c1-13(16(20)21)19(12-14-8-4-2-5-9-14)17(22)18-15-10-6-3-7-11-15/h2-11,13H,12H2,1H3,(H,18,22)(H,20,21). The van der Waals surface area contributed by atoms with E-state index in [-0.39, 0.29) is 6.54 Å². The molecule has 2 aromatic rings. The van der Waals surface area contributed by atoms with Crippen molar-refractivity contribution in [3.8, 4) is 0 Å². The van der Waals surface area contributed by atoms with E-state index < -0.39 is 18.0 Å². The van der Waals surface area contributed by atoms with Gasteiger partial charge in [0.25, 0.3) is 0 Å². The van der Waals surface area contributed by atoms with Gasteiger partial charge in [0.15, 0.2) is 0 Å². The molecule has 2 aromatic carbocycles. The average Bonchev–Trinajstić information content (AvgIpc) is 2.53. The number of hydrogen-bond donors (Lipinski definition) is 2. The Morgan fingerprint density at radius 1 is 1.05 bits per heavy atom. The Morgan fingerprint density at radius 2 is 1.59 bits per heavy atom. The summed E-state index contributed by atoms with van der Waals surface area (Å²) in [5, 5.41) is 11.9. The molecule has 5 heteroatoms. The third kappa shape index (κ3) is 4.09. The molecule has 0 spiro atoms. The highest BCUT2D eigenvalue weighted by Gasteiger charge is 2.25. The lowest BCUT2D eigenvalue weighted by atomic mass is 10.2. The Hall–Kier alpha value is -2.82. The first-order chi connectivity index (χ1) is 10.6. The van der Waals surface area contributed by atoms with Gasteiger partial charge in [-0.3, -0.25) is 0 Å². The summed E-state index contributed by atoms with van der Waals surface area (Å²) in [6.07, 6.45) is 0. The summed E-state index contributed by atoms with van der Waals surface area (Å²) in [5.41, 5.74) is 1.50. The van der Waals surface area contributed by atoms with Gasteiger partial charge < -0.3 is 15.3 Å². The first-order valence-corrected chi connectivity index (χ1v) is 6.97. The van der Waals surface area contributed by atoms with Gasteiger partial charge in [-0.15, -0.1) is 0 Å². The molecule has 0 aliphatic rings. The summed E-state index contributed by atoms with van der Waals surface area (Å²) in [6.45, 7) is 1.73. The highest BCUT2D eigenvalue weighted by atomic mass is 16.4. The molecule has 5 nitrogen and oxygen atoms in total. The van der Waals surface area contributed by atoms with E-state index in [0.29, 0.717) is 5.69 Å². The number of benzene rings is 2. The fraction of sp³-hybridized carbons (Fsp3) is 0.176. The normalized spacial score (nSPS) is 11.5. The van der Waals surface area contributed by atoms with Crippen molar-refractivity contribution in [2.75, 3.05) is 5.32 Å². The molecular formula is C17H18N2O3. The van der Waals surface area contributed by atoms with Crippen LogP contribution in [0.15, 0.2) is 60.7 Å². The van der Waals surface area contributed by atoms with E-state index in [1.807, 2.05) is 36.4 Å². The first-order valence-electron chi connectivity index (χ1n) is 6.97. The van der Waals surface area contributed by atoms with Crippen LogP contribution >= 0.6 is 0 Å². The molecule has 1 unspecified atom stereocenters. The van der Waals surface area contributed by atoms with Crippen LogP contribution in [0.4, 0.5) is 10.5 Å². The number of nitrogens with one attached hydrogen (secondary N) is 1. The van der Waals surface area contributed by atoms with Crippen LogP contribution in [-0.4, -0.2) is 28.0 Å². The summed E-state index contributed by atoms with van der Waals surface area (Å²) in [4.78, 5) is 25.0. The minimum Gasteiger partial charge on any atom is -0.480 e. The van der Waals surface area contributed by atoms with Gasteiger partial charge >= 0.3 is 12.0 Å². The van der Waals surface area contributed by atoms with E-state index in [2.05, 4.69) is 5.32 Å². The molecular weight excluding hydrogens is 280 g/mol. The van der Waals surface area contributed by atoms with E-state index in [9.17, 15) is 14.7 Å². The predicted octanol–water partition coefficient (Wildman–Crippen LogP) is 3.19. The zero-order chi connectivity index (χ0) is 15.9. The van der Waals surface area contributed by atoms with Gasteiger partial charge in [0.2, 0.25) is 0 Å². The maximum Gasteiger partial charge on any atom is 0.326 e. The lowest BCUT2D eigenvalue weighted by molar-refractivity contribution is -0.141. The average molecular weight is 298 g/mol. The minimum atomic E-state index is -1.04. The molecule has 1 atom stereocenters. The lowest BCUT2D eigenvalue weighted by Crippen LogP contribution is -2.44. The number of para-hydroxylation sites is 1. The minimum absolute atomic E-state index is 0.229. The fourth-order valence-corrected chi connectivity index (χ4v) is 2.01. The summed E-state index contributed by atoms with van der Waals surface area (Å²) >= 11 is 0. The molecule has 2 N–H and O–H groups in total. The van der Waals surface area contributed by atoms with Crippen LogP contribution in [0.5, 0.6) is 0 Å². The van der Waals surface area contributed by atoms with Crippen LogP contribution in [0.25, 0.3) is 0 Å². The number of anilines is 1. The van der Waals surface area contributed by atoms with Crippen LogP contribution in [0, 0.1) is 0 Å². The molecule has 2 amide bonds. The van der Waals surface area contributed by atoms with Gasteiger partial charge in [-0.2, -0.15) is 0 Å². The van der Waals surface area contributed by atoms with E-state index in [1.165, 1.54) is 11.8 Å². The predicted molar refractivity (Wildman–Crippen MR) is 84.5 cm³/mol. The topological polar surface area (TPSA) is 69.6 Å². The van der Waals surface area contributed by atoms with Crippen LogP contribution < -0.4 is 5.32 Å². The first kappa shape index (κ1) is 15.6. The highest BCUT2D eigenvalue weighted by molar-refractivity contribution is 5.92. The van der Waals surface area contributed by atoms with Crippen molar-refractivity contribution in [3.63, 3.8) is 0 Å². The number of aliphatic carboxylic acids is 1. The Morgan fingerprint density at radius 3 is 2.14 bits per heavy atom. The van der Waals surface area contributed by atoms with E-state index in [1.54, 1.807) is 24.3 Å². The molecule has 0 saturated carbocycles. The van der Waals surface area contributed by atoms with Crippen molar-refractivity contribution in [2.45, 2.75) is 19.5 Å². The zero-order valence-electron chi connectivity index (χ0n) is 12.3. The van der Waals surface area contributed by atoms with Crippen molar-refractivity contribution in [1.29, 1.82) is 0 Å². The lowest BCUT2D eigenvalue weighted by Gasteiger charge is -2.27. The van der Waals surface area contributed by atoms with Gasteiger partial charge in [0, 0.05) is 12.2 Å². The second kappa shape index (κ2) is 7.26. The van der Waals surface area contributed by atoms with Crippen molar-refractivity contribution in [2.24, 2.45) is 0 Å². The van der Waals surface area contributed by atoms with Crippen LogP contribution in [-0.2, 0) is 11.3 Å². The number of carboxylic acid groups (broad SMARTS) is 1. The quantitative estimate of drug-likeness (QED) is 0.890. The van der Waals surface area contributed by atoms with Gasteiger partial charge in [-0.05, 0) is 24.6 Å². The van der Waals surface area contributed by atoms with Crippen molar-refractivity contribution >= 4 is 17.7 Å². The second-order valence-electron chi connectivity index (χ2n) is 4.92. The number of carbonyl (C=O) groups is 2. The maximum atomic E-state index is 12.4. The second-order valence-corrected chi connectivity index (χ2v) is 4.92. The van der Waals surface area contributed by atoms with Crippen molar-refractivity contribution < 1.29 is 14.7 Å². The van der Waals surface area contributed by atoms with E-state index in [4.69, 9.17) is 0 Å². The molecule has 0 bridgehead atoms. The van der Waals surface area contributed by atoms with Crippen LogP contribution in [0.3, 0.4) is 0 Å². The van der Waals surface area contributed by atoms with Crippen LogP contribution in [0.2, 0.25) is 0 Å². The summed E-state index contributed by atoms with van der Waals surface area (Å²) < 4.78 is 0. The van der Waals surface area contributed by atoms with Crippen LogP contribution in [0.1, 0.15) is 12.5 Å². The number of rotatable bonds is 5. The molecule has 0 heterocycles. The summed E-state index contributed by atoms with van der Waals surface area (Å²) in [6, 6.07) is 16.9. The molecule has 114 valence electrons. The molecule has 22 heavy (non-hydrogen) atoms. The summed E-state index contributed by atoms with van der Waals surface area (Å²) in [5.74, 6) is -1.04. The number of carbonyl (C=O) groups excluding carboxylic acids is 1. The van der Waals surface area contributed by atoms with Crippen molar-refractivity contribution in [1.82, 2.24) is 4.90 Å². The molecule has 0 saturated heterocycles. The Balaban J connectivity index is 2.16. The number of urea groups is 1. The fourth-order valence-electron chi connectivity index (χ4n) is 2.01. The number of hydrogen-bond acceptors (Lipinski definition) is 2. The maximum absolute atomic E-state index is 12.4. The molecule has 0 aliphatic carbocycles. The van der Waals surface area contributed by atoms with E-state index >= 15 is 0 Å². The third-order valence-corrected chi connectivity index (χ3v) is 3.31. The highest BCUT2D eigenvalue weighted by Crippen LogP contribution is 2.13. The Bertz CT molecular complexity index is 629. The largest absolute Gasteiger partial charge is 0.480 e. The van der Waals surface area contributed by atoms with Gasteiger partial charge in [0.1, 0.15) is 6.04 Å². The van der Waals surface area contributed by atoms with Gasteiger partial charge in [-0.1, -0.05) is 48.5 Å². The smallest absolute Gasteiger partial charge is 0.326 e. The zero-order valence-corrected chi connectivity index (χ0v) is 12.3. The summed E-state index contributed by atoms with van der Waals surface area (Å²) in [7, 11) is 0. The van der Waals surface area contributed by atoms with E-state index in [0.717, 1.165) is 5.56 Å². The van der Waals surface area contributed by atoms with Gasteiger partial charge in [-0.25, -0.2) is 9.59 Å². The molecule has 2 rings (SSSR count). The number of nitrogens with zero attached hydrogens (tertiary/aromatic N) is 1. The SMILES string of the molecule is CC(C(=O)O)N(Cc1ccccc1)C(=O)Nc1ccccc1. The number of amides is 2. The molecule has 0 radical (unpaired) electrons. The monoisotopic (exact) mass is 298 g/mol. The molecule has 0 aromatic heterocycles. The molecule has 0 fully saturated rings. The number of carboxylic acids is 1. The Labute approximate surface area is 129 Å². The Kier molecular flexibility index (Phi) is 5.14. The van der Waals surface area contributed by atoms with Crippen molar-refractivity contribution in [3.05, 3.63) is 66.2 Å². The third-order valence-electron chi connectivity index (χ3n) is 3.31.